The van der Waals surface area contributed by atoms with Gasteiger partial charge in [-0.25, -0.2) is 13.8 Å². The summed E-state index contributed by atoms with van der Waals surface area (Å²) in [6.07, 6.45) is 0.934. The monoisotopic (exact) mass is 253 g/mol. The molecule has 2 aromatic rings. The first-order valence-electron chi connectivity index (χ1n) is 5.95. The van der Waals surface area contributed by atoms with Crippen molar-refractivity contribution >= 4 is 17.0 Å². The van der Waals surface area contributed by atoms with Gasteiger partial charge in [-0.3, -0.25) is 0 Å². The van der Waals surface area contributed by atoms with Crippen LogP contribution >= 0.6 is 0 Å². The molecule has 98 valence electrons. The zero-order chi connectivity index (χ0) is 13.5. The van der Waals surface area contributed by atoms with Gasteiger partial charge in [0, 0.05) is 18.7 Å². The molecule has 1 heterocycles. The first-order valence-corrected chi connectivity index (χ1v) is 5.95. The quantitative estimate of drug-likeness (QED) is 0.911. The van der Waals surface area contributed by atoms with Crippen molar-refractivity contribution in [3.63, 3.8) is 0 Å². The molecular formula is C13H17F2N3. The SMILES string of the molecule is CCC(C)(C)Cn1c(N)nc2c(F)cc(F)cc21. The van der Waals surface area contributed by atoms with Crippen molar-refractivity contribution in [1.82, 2.24) is 9.55 Å². The van der Waals surface area contributed by atoms with E-state index < -0.39 is 11.6 Å². The van der Waals surface area contributed by atoms with Gasteiger partial charge in [0.2, 0.25) is 5.95 Å². The van der Waals surface area contributed by atoms with Crippen LogP contribution in [0.2, 0.25) is 0 Å². The lowest BCUT2D eigenvalue weighted by atomic mass is 9.90. The lowest BCUT2D eigenvalue weighted by molar-refractivity contribution is 0.300. The fourth-order valence-electron chi connectivity index (χ4n) is 1.87. The number of hydrogen-bond acceptors (Lipinski definition) is 2. The maximum Gasteiger partial charge on any atom is 0.201 e. The van der Waals surface area contributed by atoms with Crippen molar-refractivity contribution in [3.8, 4) is 0 Å². The third kappa shape index (κ3) is 2.17. The lowest BCUT2D eigenvalue weighted by Gasteiger charge is -2.24. The van der Waals surface area contributed by atoms with Gasteiger partial charge in [0.1, 0.15) is 11.3 Å². The van der Waals surface area contributed by atoms with E-state index in [-0.39, 0.29) is 16.9 Å². The van der Waals surface area contributed by atoms with Crippen molar-refractivity contribution in [2.24, 2.45) is 5.41 Å². The van der Waals surface area contributed by atoms with Crippen LogP contribution in [-0.2, 0) is 6.54 Å². The Labute approximate surface area is 105 Å². The zero-order valence-corrected chi connectivity index (χ0v) is 10.8. The van der Waals surface area contributed by atoms with Gasteiger partial charge in [0.15, 0.2) is 5.82 Å². The van der Waals surface area contributed by atoms with Gasteiger partial charge < -0.3 is 10.3 Å². The molecule has 0 bridgehead atoms. The lowest BCUT2D eigenvalue weighted by Crippen LogP contribution is -2.19. The molecule has 0 aliphatic rings. The molecule has 0 fully saturated rings. The molecule has 0 radical (unpaired) electrons. The average Bonchev–Trinajstić information content (AvgIpc) is 2.57. The standard InChI is InChI=1S/C13H17F2N3/c1-4-13(2,3)7-18-10-6-8(14)5-9(15)11(10)17-12(18)16/h5-6H,4,7H2,1-3H3,(H2,16,17). The van der Waals surface area contributed by atoms with Crippen molar-refractivity contribution in [2.45, 2.75) is 33.7 Å². The predicted octanol–water partition coefficient (Wildman–Crippen LogP) is 3.33. The van der Waals surface area contributed by atoms with Gasteiger partial charge >= 0.3 is 0 Å². The van der Waals surface area contributed by atoms with E-state index in [9.17, 15) is 8.78 Å². The number of benzene rings is 1. The Morgan fingerprint density at radius 3 is 2.61 bits per heavy atom. The zero-order valence-electron chi connectivity index (χ0n) is 10.8. The summed E-state index contributed by atoms with van der Waals surface area (Å²) in [6.45, 7) is 6.80. The number of halogens is 2. The minimum atomic E-state index is -0.676. The van der Waals surface area contributed by atoms with E-state index in [2.05, 4.69) is 25.8 Å². The van der Waals surface area contributed by atoms with Crippen molar-refractivity contribution in [3.05, 3.63) is 23.8 Å². The van der Waals surface area contributed by atoms with Crippen molar-refractivity contribution < 1.29 is 8.78 Å². The number of fused-ring (bicyclic) bond motifs is 1. The molecule has 0 saturated carbocycles. The molecule has 1 aromatic carbocycles. The Hall–Kier alpha value is -1.65. The highest BCUT2D eigenvalue weighted by Gasteiger charge is 2.21. The van der Waals surface area contributed by atoms with Crippen LogP contribution in [0.5, 0.6) is 0 Å². The molecule has 0 unspecified atom stereocenters. The van der Waals surface area contributed by atoms with Crippen LogP contribution in [0.1, 0.15) is 27.2 Å². The molecule has 5 heteroatoms. The van der Waals surface area contributed by atoms with E-state index >= 15 is 0 Å². The van der Waals surface area contributed by atoms with Crippen LogP contribution in [0.3, 0.4) is 0 Å². The summed E-state index contributed by atoms with van der Waals surface area (Å²) >= 11 is 0. The van der Waals surface area contributed by atoms with Crippen LogP contribution in [0.15, 0.2) is 12.1 Å². The number of anilines is 1. The minimum absolute atomic E-state index is 0.00938. The molecule has 3 nitrogen and oxygen atoms in total. The second kappa shape index (κ2) is 4.23. The maximum absolute atomic E-state index is 13.6. The largest absolute Gasteiger partial charge is 0.369 e. The fraction of sp³-hybridized carbons (Fsp3) is 0.462. The molecule has 2 rings (SSSR count). The van der Waals surface area contributed by atoms with Gasteiger partial charge in [-0.15, -0.1) is 0 Å². The molecule has 0 aliphatic heterocycles. The van der Waals surface area contributed by atoms with Crippen molar-refractivity contribution in [1.29, 1.82) is 0 Å². The Balaban J connectivity index is 2.60. The number of rotatable bonds is 3. The number of imidazole rings is 1. The van der Waals surface area contributed by atoms with Gasteiger partial charge in [-0.05, 0) is 11.8 Å². The molecule has 0 atom stereocenters. The van der Waals surface area contributed by atoms with Gasteiger partial charge in [0.25, 0.3) is 0 Å². The van der Waals surface area contributed by atoms with Crippen LogP contribution in [-0.4, -0.2) is 9.55 Å². The van der Waals surface area contributed by atoms with Crippen LogP contribution < -0.4 is 5.73 Å². The Morgan fingerprint density at radius 2 is 2.00 bits per heavy atom. The first-order chi connectivity index (χ1) is 8.34. The van der Waals surface area contributed by atoms with E-state index in [1.165, 1.54) is 6.07 Å². The van der Waals surface area contributed by atoms with E-state index in [1.54, 1.807) is 4.57 Å². The summed E-state index contributed by atoms with van der Waals surface area (Å²) in [4.78, 5) is 3.97. The summed E-state index contributed by atoms with van der Waals surface area (Å²) in [5.41, 5.74) is 6.32. The molecule has 2 N–H and O–H groups in total. The molecule has 0 saturated heterocycles. The molecule has 0 aliphatic carbocycles. The summed E-state index contributed by atoms with van der Waals surface area (Å²) in [5, 5.41) is 0. The van der Waals surface area contributed by atoms with E-state index in [0.717, 1.165) is 12.5 Å². The predicted molar refractivity (Wildman–Crippen MR) is 68.1 cm³/mol. The smallest absolute Gasteiger partial charge is 0.201 e. The molecule has 0 spiro atoms. The van der Waals surface area contributed by atoms with E-state index in [0.29, 0.717) is 12.1 Å². The Bertz CT molecular complexity index is 587. The number of aromatic nitrogens is 2. The van der Waals surface area contributed by atoms with E-state index in [4.69, 9.17) is 5.73 Å². The number of hydrogen-bond donors (Lipinski definition) is 1. The molecule has 0 amide bonds. The highest BCUT2D eigenvalue weighted by Crippen LogP contribution is 2.28. The molecule has 18 heavy (non-hydrogen) atoms. The third-order valence-electron chi connectivity index (χ3n) is 3.35. The second-order valence-electron chi connectivity index (χ2n) is 5.33. The van der Waals surface area contributed by atoms with Crippen LogP contribution in [0, 0.1) is 17.0 Å². The summed E-state index contributed by atoms with van der Waals surface area (Å²) < 4.78 is 28.5. The van der Waals surface area contributed by atoms with Crippen LogP contribution in [0.4, 0.5) is 14.7 Å². The average molecular weight is 253 g/mol. The summed E-state index contributed by atoms with van der Waals surface area (Å²) in [6, 6.07) is 2.09. The van der Waals surface area contributed by atoms with Crippen molar-refractivity contribution in [2.75, 3.05) is 5.73 Å². The number of nitrogen functional groups attached to an aromatic ring is 1. The second-order valence-corrected chi connectivity index (χ2v) is 5.33. The van der Waals surface area contributed by atoms with Crippen LogP contribution in [0.25, 0.3) is 11.0 Å². The molecular weight excluding hydrogens is 236 g/mol. The Morgan fingerprint density at radius 1 is 1.33 bits per heavy atom. The highest BCUT2D eigenvalue weighted by atomic mass is 19.1. The maximum atomic E-state index is 13.6. The number of nitrogens with two attached hydrogens (primary N) is 1. The fourth-order valence-corrected chi connectivity index (χ4v) is 1.87. The number of nitrogens with zero attached hydrogens (tertiary/aromatic N) is 2. The summed E-state index contributed by atoms with van der Waals surface area (Å²) in [5.74, 6) is -1.07. The first kappa shape index (κ1) is 12.8. The van der Waals surface area contributed by atoms with E-state index in [1.807, 2.05) is 0 Å². The minimum Gasteiger partial charge on any atom is -0.369 e. The highest BCUT2D eigenvalue weighted by molar-refractivity contribution is 5.79. The molecule has 1 aromatic heterocycles. The van der Waals surface area contributed by atoms with Gasteiger partial charge in [0.05, 0.1) is 5.52 Å². The van der Waals surface area contributed by atoms with Gasteiger partial charge in [-0.1, -0.05) is 20.8 Å². The summed E-state index contributed by atoms with van der Waals surface area (Å²) in [7, 11) is 0. The Kier molecular flexibility index (Phi) is 3.00. The normalized spacial score (nSPS) is 12.3. The topological polar surface area (TPSA) is 43.8 Å². The van der Waals surface area contributed by atoms with Gasteiger partial charge in [-0.2, -0.15) is 0 Å². The third-order valence-corrected chi connectivity index (χ3v) is 3.35.